The molecule has 0 bridgehead atoms. The van der Waals surface area contributed by atoms with Crippen LogP contribution in [0, 0.1) is 16.0 Å². The van der Waals surface area contributed by atoms with Crippen molar-refractivity contribution >= 4 is 17.3 Å². The summed E-state index contributed by atoms with van der Waals surface area (Å²) in [5, 5.41) is 11.0. The Morgan fingerprint density at radius 1 is 1.52 bits per heavy atom. The van der Waals surface area contributed by atoms with Gasteiger partial charge in [-0.05, 0) is 37.3 Å². The van der Waals surface area contributed by atoms with E-state index in [9.17, 15) is 14.9 Å². The van der Waals surface area contributed by atoms with E-state index in [1.165, 1.54) is 6.07 Å². The summed E-state index contributed by atoms with van der Waals surface area (Å²) in [6, 6.07) is 5.04. The van der Waals surface area contributed by atoms with E-state index in [0.29, 0.717) is 12.0 Å². The molecule has 1 heterocycles. The van der Waals surface area contributed by atoms with Crippen LogP contribution < -0.4 is 10.6 Å². The number of hydrogen-bond donors (Lipinski definition) is 1. The van der Waals surface area contributed by atoms with E-state index in [4.69, 9.17) is 5.73 Å². The van der Waals surface area contributed by atoms with Crippen LogP contribution in [0.5, 0.6) is 0 Å². The van der Waals surface area contributed by atoms with Crippen molar-refractivity contribution in [2.45, 2.75) is 39.2 Å². The quantitative estimate of drug-likeness (QED) is 0.682. The Balaban J connectivity index is 2.38. The largest absolute Gasteiger partial charge is 0.369 e. The average Bonchev–Trinajstić information content (AvgIpc) is 2.46. The van der Waals surface area contributed by atoms with Crippen LogP contribution in [0.1, 0.15) is 43.5 Å². The zero-order valence-electron chi connectivity index (χ0n) is 12.4. The lowest BCUT2D eigenvalue weighted by Gasteiger charge is -2.40. The molecular formula is C15H21N3O3. The summed E-state index contributed by atoms with van der Waals surface area (Å²) in [7, 11) is 0. The topological polar surface area (TPSA) is 89.5 Å². The monoisotopic (exact) mass is 291 g/mol. The van der Waals surface area contributed by atoms with Crippen LogP contribution >= 0.6 is 0 Å². The number of nitrogens with two attached hydrogens (primary N) is 1. The number of nitrogens with zero attached hydrogens (tertiary/aromatic N) is 2. The van der Waals surface area contributed by atoms with Crippen LogP contribution in [0.4, 0.5) is 11.4 Å². The lowest BCUT2D eigenvalue weighted by atomic mass is 9.90. The van der Waals surface area contributed by atoms with Crippen LogP contribution in [-0.4, -0.2) is 23.4 Å². The zero-order chi connectivity index (χ0) is 15.6. The third-order valence-corrected chi connectivity index (χ3v) is 4.22. The molecule has 114 valence electrons. The van der Waals surface area contributed by atoms with Crippen molar-refractivity contribution < 1.29 is 9.72 Å². The van der Waals surface area contributed by atoms with E-state index in [0.717, 1.165) is 31.5 Å². The summed E-state index contributed by atoms with van der Waals surface area (Å²) in [6.07, 6.45) is 3.19. The highest BCUT2D eigenvalue weighted by atomic mass is 16.6. The minimum absolute atomic E-state index is 0.0222. The summed E-state index contributed by atoms with van der Waals surface area (Å²) in [5.41, 5.74) is 5.86. The molecule has 0 aliphatic carbocycles. The van der Waals surface area contributed by atoms with Gasteiger partial charge in [0.25, 0.3) is 11.6 Å². The van der Waals surface area contributed by atoms with E-state index in [1.54, 1.807) is 12.1 Å². The number of benzene rings is 1. The predicted octanol–water partition coefficient (Wildman–Crippen LogP) is 2.71. The van der Waals surface area contributed by atoms with Gasteiger partial charge in [0, 0.05) is 24.3 Å². The van der Waals surface area contributed by atoms with Crippen molar-refractivity contribution in [2.75, 3.05) is 11.4 Å². The highest BCUT2D eigenvalue weighted by Gasteiger charge is 2.27. The Hall–Kier alpha value is -2.11. The Morgan fingerprint density at radius 3 is 2.81 bits per heavy atom. The number of carbonyl (C=O) groups is 1. The van der Waals surface area contributed by atoms with Gasteiger partial charge < -0.3 is 10.6 Å². The fourth-order valence-electron chi connectivity index (χ4n) is 3.04. The van der Waals surface area contributed by atoms with Crippen LogP contribution in [-0.2, 0) is 0 Å². The van der Waals surface area contributed by atoms with Gasteiger partial charge in [0.2, 0.25) is 0 Å². The number of hydrogen-bond acceptors (Lipinski definition) is 4. The van der Waals surface area contributed by atoms with Crippen molar-refractivity contribution in [1.82, 2.24) is 0 Å². The van der Waals surface area contributed by atoms with Crippen LogP contribution in [0.25, 0.3) is 0 Å². The van der Waals surface area contributed by atoms with Gasteiger partial charge in [-0.3, -0.25) is 14.9 Å². The molecule has 0 spiro atoms. The van der Waals surface area contributed by atoms with E-state index < -0.39 is 10.8 Å². The molecule has 1 saturated heterocycles. The molecule has 1 aromatic carbocycles. The number of primary amides is 1. The molecule has 1 unspecified atom stereocenters. The summed E-state index contributed by atoms with van der Waals surface area (Å²) < 4.78 is 0. The van der Waals surface area contributed by atoms with E-state index in [-0.39, 0.29) is 11.3 Å². The van der Waals surface area contributed by atoms with E-state index in [2.05, 4.69) is 18.7 Å². The lowest BCUT2D eigenvalue weighted by Crippen LogP contribution is -2.41. The number of carbonyl (C=O) groups excluding carboxylic acids is 1. The van der Waals surface area contributed by atoms with Gasteiger partial charge in [-0.15, -0.1) is 0 Å². The number of nitro benzene ring substituents is 1. The van der Waals surface area contributed by atoms with E-state index >= 15 is 0 Å². The first-order valence-electron chi connectivity index (χ1n) is 7.29. The number of anilines is 1. The first-order chi connectivity index (χ1) is 9.93. The molecule has 2 rings (SSSR count). The minimum atomic E-state index is -0.762. The molecule has 2 atom stereocenters. The van der Waals surface area contributed by atoms with Gasteiger partial charge in [0.1, 0.15) is 5.56 Å². The summed E-state index contributed by atoms with van der Waals surface area (Å²) in [6.45, 7) is 5.27. The maximum atomic E-state index is 11.5. The van der Waals surface area contributed by atoms with Crippen molar-refractivity contribution in [3.63, 3.8) is 0 Å². The summed E-state index contributed by atoms with van der Waals surface area (Å²) in [4.78, 5) is 24.1. The first kappa shape index (κ1) is 15.3. The molecule has 1 aliphatic rings. The third-order valence-electron chi connectivity index (χ3n) is 4.22. The van der Waals surface area contributed by atoms with Crippen molar-refractivity contribution in [3.05, 3.63) is 33.9 Å². The fraction of sp³-hybridized carbons (Fsp3) is 0.533. The molecule has 0 aromatic heterocycles. The van der Waals surface area contributed by atoms with Crippen molar-refractivity contribution in [1.29, 1.82) is 0 Å². The zero-order valence-corrected chi connectivity index (χ0v) is 12.4. The van der Waals surface area contributed by atoms with Crippen molar-refractivity contribution in [3.8, 4) is 0 Å². The highest BCUT2D eigenvalue weighted by Crippen LogP contribution is 2.32. The van der Waals surface area contributed by atoms with Crippen LogP contribution in [0.2, 0.25) is 0 Å². The molecule has 6 nitrogen and oxygen atoms in total. The van der Waals surface area contributed by atoms with Gasteiger partial charge in [0.15, 0.2) is 0 Å². The number of amides is 1. The van der Waals surface area contributed by atoms with Gasteiger partial charge in [-0.25, -0.2) is 0 Å². The summed E-state index contributed by atoms with van der Waals surface area (Å²) >= 11 is 0. The van der Waals surface area contributed by atoms with E-state index in [1.807, 2.05) is 0 Å². The summed E-state index contributed by atoms with van der Waals surface area (Å²) in [5.74, 6) is -0.0816. The molecule has 0 radical (unpaired) electrons. The molecule has 21 heavy (non-hydrogen) atoms. The van der Waals surface area contributed by atoms with Gasteiger partial charge in [0.05, 0.1) is 4.92 Å². The molecule has 1 aromatic rings. The maximum absolute atomic E-state index is 11.5. The normalized spacial score (nSPS) is 22.1. The second-order valence-corrected chi connectivity index (χ2v) is 5.71. The van der Waals surface area contributed by atoms with Crippen molar-refractivity contribution in [2.24, 2.45) is 11.7 Å². The van der Waals surface area contributed by atoms with Gasteiger partial charge in [-0.2, -0.15) is 0 Å². The molecular weight excluding hydrogens is 270 g/mol. The number of nitro groups is 1. The van der Waals surface area contributed by atoms with Gasteiger partial charge >= 0.3 is 0 Å². The predicted molar refractivity (Wildman–Crippen MR) is 81.4 cm³/mol. The fourth-order valence-corrected chi connectivity index (χ4v) is 3.04. The Labute approximate surface area is 124 Å². The first-order valence-corrected chi connectivity index (χ1v) is 7.29. The minimum Gasteiger partial charge on any atom is -0.369 e. The molecule has 1 amide bonds. The third kappa shape index (κ3) is 3.15. The Kier molecular flexibility index (Phi) is 4.45. The lowest BCUT2D eigenvalue weighted by molar-refractivity contribution is -0.385. The molecule has 0 saturated carbocycles. The average molecular weight is 291 g/mol. The second-order valence-electron chi connectivity index (χ2n) is 5.71. The SMILES string of the molecule is CC[C@H]1CC(C)CCN1c1ccc([N+](=O)[O-])c(C(N)=O)c1. The molecule has 1 fully saturated rings. The maximum Gasteiger partial charge on any atom is 0.282 e. The van der Waals surface area contributed by atoms with Crippen LogP contribution in [0.3, 0.4) is 0 Å². The van der Waals surface area contributed by atoms with Crippen LogP contribution in [0.15, 0.2) is 18.2 Å². The Bertz CT molecular complexity index is 559. The molecule has 1 aliphatic heterocycles. The Morgan fingerprint density at radius 2 is 2.24 bits per heavy atom. The number of piperidine rings is 1. The smallest absolute Gasteiger partial charge is 0.282 e. The highest BCUT2D eigenvalue weighted by molar-refractivity contribution is 5.98. The second kappa shape index (κ2) is 6.11. The number of rotatable bonds is 4. The standard InChI is InChI=1S/C15H21N3O3/c1-3-11-8-10(2)6-7-17(11)12-4-5-14(18(20)21)13(9-12)15(16)19/h4-5,9-11H,3,6-8H2,1-2H3,(H2,16,19)/t10?,11-/m0/s1. The van der Waals surface area contributed by atoms with Gasteiger partial charge in [-0.1, -0.05) is 13.8 Å². The molecule has 2 N–H and O–H groups in total. The molecule has 6 heteroatoms.